The number of carbonyl (C=O) groups is 4. The van der Waals surface area contributed by atoms with Gasteiger partial charge in [-0.25, -0.2) is 24.7 Å². The first-order chi connectivity index (χ1) is 26.6. The molecule has 3 amide bonds. The number of carbonyl (C=O) groups excluding carboxylic acids is 4. The van der Waals surface area contributed by atoms with Crippen LogP contribution in [0.2, 0.25) is 0 Å². The number of ether oxygens (including phenoxy) is 1. The number of nitrogens with zero attached hydrogens (tertiary/aromatic N) is 6. The van der Waals surface area contributed by atoms with Crippen LogP contribution in [0.15, 0.2) is 60.9 Å². The molecule has 2 saturated heterocycles. The minimum atomic E-state index is -1.67. The fraction of sp³-hybridized carbons (Fsp3) is 0.282. The number of nitrogen functional groups attached to an aromatic ring is 2. The first-order valence-electron chi connectivity index (χ1n) is 17.0. The molecule has 4 heterocycles. The van der Waals surface area contributed by atoms with Crippen molar-refractivity contribution in [3.63, 3.8) is 0 Å². The average molecular weight is 764 g/mol. The van der Waals surface area contributed by atoms with Crippen molar-refractivity contribution in [3.8, 4) is 46.5 Å². The molecular formula is C39H41N9O8. The SMILES string of the molecule is CCOC(=O)c1nc(-c2cccc(C#C[C@]3(O)CCN(C)C3=O)c2)ncc1N.CN1CC[C@@](O)(C#Cc2cccc(-c3ncc(N)c(C(N)=O)n3)c2)C1=O.CO. The van der Waals surface area contributed by atoms with Gasteiger partial charge in [-0.3, -0.25) is 14.4 Å². The van der Waals surface area contributed by atoms with Crippen LogP contribution in [-0.2, 0) is 14.3 Å². The molecule has 290 valence electrons. The maximum atomic E-state index is 12.0. The van der Waals surface area contributed by atoms with E-state index in [0.29, 0.717) is 35.3 Å². The highest BCUT2D eigenvalue weighted by atomic mass is 16.5. The van der Waals surface area contributed by atoms with Crippen LogP contribution in [0.4, 0.5) is 11.4 Å². The van der Waals surface area contributed by atoms with Gasteiger partial charge in [0.2, 0.25) is 11.2 Å². The molecule has 0 aliphatic carbocycles. The lowest BCUT2D eigenvalue weighted by atomic mass is 10.0. The third kappa shape index (κ3) is 9.59. The van der Waals surface area contributed by atoms with Crippen molar-refractivity contribution >= 4 is 35.1 Å². The van der Waals surface area contributed by atoms with Crippen molar-refractivity contribution in [2.24, 2.45) is 5.73 Å². The summed E-state index contributed by atoms with van der Waals surface area (Å²) in [5.74, 6) is 9.36. The van der Waals surface area contributed by atoms with Crippen molar-refractivity contribution in [1.29, 1.82) is 0 Å². The first-order valence-corrected chi connectivity index (χ1v) is 17.0. The summed E-state index contributed by atoms with van der Waals surface area (Å²) in [5.41, 5.74) is 15.9. The second kappa shape index (κ2) is 17.9. The molecule has 0 radical (unpaired) electrons. The number of hydrogen-bond donors (Lipinski definition) is 6. The van der Waals surface area contributed by atoms with Crippen LogP contribution < -0.4 is 17.2 Å². The zero-order valence-electron chi connectivity index (χ0n) is 31.1. The third-order valence-electron chi connectivity index (χ3n) is 8.42. The number of primary amides is 1. The molecular weight excluding hydrogens is 722 g/mol. The van der Waals surface area contributed by atoms with Crippen LogP contribution in [0, 0.1) is 23.7 Å². The highest BCUT2D eigenvalue weighted by molar-refractivity contribution is 5.96. The Kier molecular flexibility index (Phi) is 13.4. The number of nitrogens with two attached hydrogens (primary N) is 3. The van der Waals surface area contributed by atoms with Gasteiger partial charge in [-0.15, -0.1) is 0 Å². The van der Waals surface area contributed by atoms with Gasteiger partial charge in [-0.05, 0) is 31.2 Å². The van der Waals surface area contributed by atoms with Gasteiger partial charge in [0, 0.05) is 69.4 Å². The van der Waals surface area contributed by atoms with E-state index in [-0.39, 0.29) is 53.9 Å². The van der Waals surface area contributed by atoms with Crippen molar-refractivity contribution < 1.29 is 39.2 Å². The van der Waals surface area contributed by atoms with E-state index in [2.05, 4.69) is 43.6 Å². The van der Waals surface area contributed by atoms with E-state index in [4.69, 9.17) is 27.0 Å². The number of benzene rings is 2. The van der Waals surface area contributed by atoms with E-state index in [1.807, 2.05) is 0 Å². The number of rotatable bonds is 5. The summed E-state index contributed by atoms with van der Waals surface area (Å²) in [7, 11) is 4.25. The Labute approximate surface area is 322 Å². The number of anilines is 2. The Hall–Kier alpha value is -6.92. The molecule has 0 bridgehead atoms. The lowest BCUT2D eigenvalue weighted by Crippen LogP contribution is -2.37. The Bertz CT molecular complexity index is 2280. The van der Waals surface area contributed by atoms with Crippen LogP contribution >= 0.6 is 0 Å². The summed E-state index contributed by atoms with van der Waals surface area (Å²) >= 11 is 0. The number of aliphatic hydroxyl groups is 3. The Morgan fingerprint density at radius 1 is 0.786 bits per heavy atom. The number of likely N-dealkylation sites (tertiary alicyclic amines) is 2. The molecule has 0 spiro atoms. The zero-order chi connectivity index (χ0) is 41.2. The van der Waals surface area contributed by atoms with Gasteiger partial charge in [-0.1, -0.05) is 47.9 Å². The lowest BCUT2D eigenvalue weighted by molar-refractivity contribution is -0.138. The smallest absolute Gasteiger partial charge is 0.359 e. The summed E-state index contributed by atoms with van der Waals surface area (Å²) in [6, 6.07) is 13.8. The van der Waals surface area contributed by atoms with E-state index in [1.165, 1.54) is 22.2 Å². The van der Waals surface area contributed by atoms with E-state index in [1.54, 1.807) is 69.6 Å². The van der Waals surface area contributed by atoms with E-state index >= 15 is 0 Å². The summed E-state index contributed by atoms with van der Waals surface area (Å²) in [5, 5.41) is 27.8. The lowest BCUT2D eigenvalue weighted by Gasteiger charge is -2.13. The number of hydrogen-bond acceptors (Lipinski definition) is 14. The molecule has 17 nitrogen and oxygen atoms in total. The summed E-state index contributed by atoms with van der Waals surface area (Å²) in [4.78, 5) is 66.8. The van der Waals surface area contributed by atoms with Gasteiger partial charge in [0.05, 0.1) is 30.4 Å². The quantitative estimate of drug-likeness (QED) is 0.117. The number of amides is 3. The zero-order valence-corrected chi connectivity index (χ0v) is 31.1. The molecule has 0 unspecified atom stereocenters. The molecule has 56 heavy (non-hydrogen) atoms. The first kappa shape index (κ1) is 41.8. The Balaban J connectivity index is 0.000000239. The molecule has 6 rings (SSSR count). The summed E-state index contributed by atoms with van der Waals surface area (Å²) < 4.78 is 4.95. The van der Waals surface area contributed by atoms with Crippen molar-refractivity contribution in [1.82, 2.24) is 29.7 Å². The molecule has 9 N–H and O–H groups in total. The molecule has 2 aromatic carbocycles. The fourth-order valence-electron chi connectivity index (χ4n) is 5.38. The number of esters is 1. The van der Waals surface area contributed by atoms with E-state index < -0.39 is 34.9 Å². The maximum absolute atomic E-state index is 12.0. The standard InChI is InChI=1S/C20H20N4O4.C18H17N5O3.CH4O/c1-3-28-18(25)16-15(21)12-22-17(23-16)14-6-4-5-13(11-14)7-8-20(27)9-10-24(2)19(20)26;1-23-8-7-18(26,17(23)25)6-5-11-3-2-4-12(9-11)16-21-10-13(19)14(22-16)15(20)24;1-2/h4-6,11-12,27H,3,9-10,21H2,1-2H3;2-4,9-10,26H,7-8,19H2,1H3,(H2,20,24);2H,1H3/t20-;18-;/m00./s1. The normalized spacial score (nSPS) is 18.3. The minimum absolute atomic E-state index is 0.00256. The Morgan fingerprint density at radius 3 is 1.61 bits per heavy atom. The van der Waals surface area contributed by atoms with Crippen LogP contribution in [-0.4, -0.2) is 121 Å². The van der Waals surface area contributed by atoms with Crippen LogP contribution in [0.25, 0.3) is 22.8 Å². The van der Waals surface area contributed by atoms with Gasteiger partial charge in [0.15, 0.2) is 23.0 Å². The van der Waals surface area contributed by atoms with Crippen LogP contribution in [0.3, 0.4) is 0 Å². The molecule has 17 heteroatoms. The van der Waals surface area contributed by atoms with Gasteiger partial charge >= 0.3 is 5.97 Å². The number of aliphatic hydroxyl groups excluding tert-OH is 1. The van der Waals surface area contributed by atoms with Gasteiger partial charge in [0.25, 0.3) is 17.7 Å². The highest BCUT2D eigenvalue weighted by Gasteiger charge is 2.43. The molecule has 2 aromatic heterocycles. The maximum Gasteiger partial charge on any atom is 0.359 e. The van der Waals surface area contributed by atoms with Crippen molar-refractivity contribution in [3.05, 3.63) is 83.4 Å². The summed E-state index contributed by atoms with van der Waals surface area (Å²) in [6.07, 6.45) is 3.19. The second-order valence-electron chi connectivity index (χ2n) is 12.4. The highest BCUT2D eigenvalue weighted by Crippen LogP contribution is 2.24. The molecule has 2 aliphatic rings. The number of likely N-dealkylation sites (N-methyl/N-ethyl adjacent to an activating group) is 2. The molecule has 2 aliphatic heterocycles. The predicted octanol–water partition coefficient (Wildman–Crippen LogP) is 0.225. The van der Waals surface area contributed by atoms with Crippen molar-refractivity contribution in [2.75, 3.05) is 52.4 Å². The predicted molar refractivity (Wildman–Crippen MR) is 205 cm³/mol. The van der Waals surface area contributed by atoms with Crippen molar-refractivity contribution in [2.45, 2.75) is 31.0 Å². The van der Waals surface area contributed by atoms with Gasteiger partial charge in [0.1, 0.15) is 0 Å². The monoisotopic (exact) mass is 763 g/mol. The van der Waals surface area contributed by atoms with Gasteiger partial charge < -0.3 is 47.1 Å². The third-order valence-corrected chi connectivity index (χ3v) is 8.42. The minimum Gasteiger partial charge on any atom is -0.461 e. The average Bonchev–Trinajstić information content (AvgIpc) is 3.62. The van der Waals surface area contributed by atoms with Crippen LogP contribution in [0.5, 0.6) is 0 Å². The molecule has 2 atom stereocenters. The van der Waals surface area contributed by atoms with Gasteiger partial charge in [-0.2, -0.15) is 0 Å². The Morgan fingerprint density at radius 2 is 1.21 bits per heavy atom. The topological polar surface area (TPSA) is 274 Å². The van der Waals surface area contributed by atoms with Crippen LogP contribution in [0.1, 0.15) is 51.9 Å². The number of aromatic nitrogens is 4. The second-order valence-corrected chi connectivity index (χ2v) is 12.4. The molecule has 2 fully saturated rings. The summed E-state index contributed by atoms with van der Waals surface area (Å²) in [6.45, 7) is 2.82. The van der Waals surface area contributed by atoms with E-state index in [0.717, 1.165) is 7.11 Å². The van der Waals surface area contributed by atoms with E-state index in [9.17, 15) is 29.4 Å². The molecule has 4 aromatic rings. The fourth-order valence-corrected chi connectivity index (χ4v) is 5.38. The molecule has 0 saturated carbocycles. The largest absolute Gasteiger partial charge is 0.461 e.